The number of aryl methyl sites for hydroxylation is 1. The molecule has 1 aromatic carbocycles. The van der Waals surface area contributed by atoms with Crippen LogP contribution in [0.3, 0.4) is 0 Å². The van der Waals surface area contributed by atoms with E-state index in [9.17, 15) is 4.79 Å². The Morgan fingerprint density at radius 1 is 1.23 bits per heavy atom. The Morgan fingerprint density at radius 2 is 2.00 bits per heavy atom. The van der Waals surface area contributed by atoms with Gasteiger partial charge in [-0.25, -0.2) is 9.97 Å². The second-order valence-corrected chi connectivity index (χ2v) is 7.88. The van der Waals surface area contributed by atoms with Gasteiger partial charge < -0.3 is 18.9 Å². The molecule has 3 rings (SSSR count). The van der Waals surface area contributed by atoms with Gasteiger partial charge in [-0.15, -0.1) is 0 Å². The third kappa shape index (κ3) is 4.36. The maximum absolute atomic E-state index is 13.5. The second kappa shape index (κ2) is 9.34. The Balaban J connectivity index is 1.97. The molecule has 0 radical (unpaired) electrons. The van der Waals surface area contributed by atoms with E-state index in [0.717, 1.165) is 23.4 Å². The van der Waals surface area contributed by atoms with Crippen LogP contribution >= 0.6 is 11.6 Å². The fourth-order valence-corrected chi connectivity index (χ4v) is 3.59. The summed E-state index contributed by atoms with van der Waals surface area (Å²) in [5, 5.41) is 0.239. The average molecular weight is 431 g/mol. The number of rotatable bonds is 8. The predicted octanol–water partition coefficient (Wildman–Crippen LogP) is 4.33. The molecule has 7 nitrogen and oxygen atoms in total. The number of benzene rings is 1. The first kappa shape index (κ1) is 21.9. The summed E-state index contributed by atoms with van der Waals surface area (Å²) in [6, 6.07) is 7.13. The number of hydrogen-bond donors (Lipinski definition) is 0. The van der Waals surface area contributed by atoms with Crippen LogP contribution in [0.25, 0.3) is 11.2 Å². The molecule has 0 aliphatic heterocycles. The van der Waals surface area contributed by atoms with Gasteiger partial charge in [-0.05, 0) is 36.6 Å². The lowest BCUT2D eigenvalue weighted by Gasteiger charge is -2.24. The maximum Gasteiger partial charge on any atom is 0.255 e. The number of ether oxygens (including phenoxy) is 2. The van der Waals surface area contributed by atoms with Gasteiger partial charge in [0.2, 0.25) is 0 Å². The van der Waals surface area contributed by atoms with Crippen LogP contribution in [0.5, 0.6) is 11.5 Å². The molecule has 0 N–H and O–H groups in total. The number of imidazole rings is 1. The Kier molecular flexibility index (Phi) is 6.82. The maximum atomic E-state index is 13.5. The second-order valence-electron chi connectivity index (χ2n) is 7.51. The highest BCUT2D eigenvalue weighted by Gasteiger charge is 2.24. The average Bonchev–Trinajstić information content (AvgIpc) is 3.05. The van der Waals surface area contributed by atoms with Crippen molar-refractivity contribution in [2.24, 2.45) is 13.0 Å². The summed E-state index contributed by atoms with van der Waals surface area (Å²) in [7, 11) is 4.94. The van der Waals surface area contributed by atoms with Gasteiger partial charge in [0.25, 0.3) is 5.91 Å². The Morgan fingerprint density at radius 3 is 2.63 bits per heavy atom. The number of halogens is 1. The van der Waals surface area contributed by atoms with Crippen molar-refractivity contribution in [2.45, 2.75) is 26.8 Å². The monoisotopic (exact) mass is 430 g/mol. The Labute approximate surface area is 181 Å². The van der Waals surface area contributed by atoms with Gasteiger partial charge in [-0.2, -0.15) is 0 Å². The van der Waals surface area contributed by atoms with Crippen molar-refractivity contribution >= 4 is 28.7 Å². The number of methoxy groups -OCH3 is 2. The fraction of sp³-hybridized carbons (Fsp3) is 0.409. The van der Waals surface area contributed by atoms with Gasteiger partial charge in [-0.1, -0.05) is 25.4 Å². The summed E-state index contributed by atoms with van der Waals surface area (Å²) in [6.45, 7) is 5.19. The van der Waals surface area contributed by atoms with Crippen LogP contribution in [0.1, 0.15) is 36.5 Å². The first-order chi connectivity index (χ1) is 14.4. The molecule has 2 heterocycles. The zero-order chi connectivity index (χ0) is 21.8. The lowest BCUT2D eigenvalue weighted by molar-refractivity contribution is 0.0729. The van der Waals surface area contributed by atoms with Crippen LogP contribution in [0.4, 0.5) is 0 Å². The molecule has 30 heavy (non-hydrogen) atoms. The van der Waals surface area contributed by atoms with E-state index in [2.05, 4.69) is 23.8 Å². The van der Waals surface area contributed by atoms with Gasteiger partial charge in [0.15, 0.2) is 17.1 Å². The van der Waals surface area contributed by atoms with Gasteiger partial charge >= 0.3 is 0 Å². The quantitative estimate of drug-likeness (QED) is 0.532. The van der Waals surface area contributed by atoms with E-state index >= 15 is 0 Å². The minimum Gasteiger partial charge on any atom is -0.493 e. The van der Waals surface area contributed by atoms with E-state index in [1.807, 2.05) is 23.7 Å². The molecule has 8 heteroatoms. The van der Waals surface area contributed by atoms with Crippen LogP contribution in [0.15, 0.2) is 30.5 Å². The summed E-state index contributed by atoms with van der Waals surface area (Å²) in [6.07, 6.45) is 2.59. The highest BCUT2D eigenvalue weighted by Crippen LogP contribution is 2.38. The predicted molar refractivity (Wildman–Crippen MR) is 117 cm³/mol. The molecule has 0 aliphatic carbocycles. The summed E-state index contributed by atoms with van der Waals surface area (Å²) in [4.78, 5) is 24.3. The molecular weight excluding hydrogens is 404 g/mol. The minimum atomic E-state index is -0.179. The highest BCUT2D eigenvalue weighted by atomic mass is 35.5. The zero-order valence-corrected chi connectivity index (χ0v) is 18.7. The van der Waals surface area contributed by atoms with E-state index in [0.29, 0.717) is 36.1 Å². The molecule has 0 unspecified atom stereocenters. The molecule has 0 atom stereocenters. The number of hydrogen-bond acceptors (Lipinski definition) is 5. The Hall–Kier alpha value is -2.80. The highest BCUT2D eigenvalue weighted by molar-refractivity contribution is 6.35. The van der Waals surface area contributed by atoms with Crippen molar-refractivity contribution in [1.29, 1.82) is 0 Å². The standard InChI is InChI=1S/C22H27ClN4O3/c1-14(2)10-12-27(13-18-25-16-7-6-11-24-21(16)26(18)3)22(28)15-8-9-17(29-4)20(30-5)19(15)23/h6-9,11,14H,10,12-13H2,1-5H3. The number of pyridine rings is 1. The number of fused-ring (bicyclic) bond motifs is 1. The van der Waals surface area contributed by atoms with E-state index in [1.54, 1.807) is 23.2 Å². The molecule has 0 saturated carbocycles. The fourth-order valence-electron chi connectivity index (χ4n) is 3.27. The Bertz CT molecular complexity index is 1050. The molecule has 0 aliphatic rings. The van der Waals surface area contributed by atoms with E-state index in [-0.39, 0.29) is 10.9 Å². The van der Waals surface area contributed by atoms with Gasteiger partial charge in [0.05, 0.1) is 31.4 Å². The number of aromatic nitrogens is 3. The molecule has 3 aromatic rings. The third-order valence-electron chi connectivity index (χ3n) is 5.03. The van der Waals surface area contributed by atoms with Crippen molar-refractivity contribution in [3.63, 3.8) is 0 Å². The van der Waals surface area contributed by atoms with Gasteiger partial charge in [0, 0.05) is 19.8 Å². The first-order valence-corrected chi connectivity index (χ1v) is 10.2. The molecule has 0 fully saturated rings. The van der Waals surface area contributed by atoms with Crippen molar-refractivity contribution in [3.05, 3.63) is 46.9 Å². The molecule has 0 spiro atoms. The van der Waals surface area contributed by atoms with Crippen LogP contribution < -0.4 is 9.47 Å². The molecule has 0 saturated heterocycles. The van der Waals surface area contributed by atoms with Crippen LogP contribution in [-0.4, -0.2) is 46.1 Å². The van der Waals surface area contributed by atoms with E-state index in [1.165, 1.54) is 14.2 Å². The lowest BCUT2D eigenvalue weighted by atomic mass is 10.1. The van der Waals surface area contributed by atoms with Crippen molar-refractivity contribution in [1.82, 2.24) is 19.4 Å². The number of amides is 1. The third-order valence-corrected chi connectivity index (χ3v) is 5.41. The summed E-state index contributed by atoms with van der Waals surface area (Å²) in [5.41, 5.74) is 1.96. The first-order valence-electron chi connectivity index (χ1n) is 9.83. The van der Waals surface area contributed by atoms with Crippen molar-refractivity contribution < 1.29 is 14.3 Å². The minimum absolute atomic E-state index is 0.179. The molecular formula is C22H27ClN4O3. The normalized spacial score (nSPS) is 11.2. The zero-order valence-electron chi connectivity index (χ0n) is 18.0. The SMILES string of the molecule is COc1ccc(C(=O)N(CCC(C)C)Cc2nc3cccnc3n2C)c(Cl)c1OC. The van der Waals surface area contributed by atoms with Crippen LogP contribution in [0.2, 0.25) is 5.02 Å². The molecule has 1 amide bonds. The van der Waals surface area contributed by atoms with E-state index < -0.39 is 0 Å². The van der Waals surface area contributed by atoms with Crippen molar-refractivity contribution in [2.75, 3.05) is 20.8 Å². The van der Waals surface area contributed by atoms with Gasteiger partial charge in [-0.3, -0.25) is 4.79 Å². The van der Waals surface area contributed by atoms with E-state index in [4.69, 9.17) is 21.1 Å². The topological polar surface area (TPSA) is 69.5 Å². The van der Waals surface area contributed by atoms with Gasteiger partial charge in [0.1, 0.15) is 11.3 Å². The number of carbonyl (C=O) groups is 1. The summed E-state index contributed by atoms with van der Waals surface area (Å²) >= 11 is 6.51. The lowest BCUT2D eigenvalue weighted by Crippen LogP contribution is -2.33. The summed E-state index contributed by atoms with van der Waals surface area (Å²) < 4.78 is 12.6. The number of carbonyl (C=O) groups excluding carboxylic acids is 1. The van der Waals surface area contributed by atoms with Crippen molar-refractivity contribution in [3.8, 4) is 11.5 Å². The molecule has 2 aromatic heterocycles. The van der Waals surface area contributed by atoms with Crippen LogP contribution in [-0.2, 0) is 13.6 Å². The smallest absolute Gasteiger partial charge is 0.255 e. The number of nitrogens with zero attached hydrogens (tertiary/aromatic N) is 4. The molecule has 160 valence electrons. The molecule has 0 bridgehead atoms. The largest absolute Gasteiger partial charge is 0.493 e. The summed E-state index contributed by atoms with van der Waals surface area (Å²) in [5.74, 6) is 1.86. The van der Waals surface area contributed by atoms with Crippen LogP contribution in [0, 0.1) is 5.92 Å².